The summed E-state index contributed by atoms with van der Waals surface area (Å²) in [5.41, 5.74) is 0.473. The molecule has 0 amide bonds. The number of hydrogen-bond donors (Lipinski definition) is 0. The molecule has 0 radical (unpaired) electrons. The predicted molar refractivity (Wildman–Crippen MR) is 67.3 cm³/mol. The van der Waals surface area contributed by atoms with Gasteiger partial charge in [-0.15, -0.1) is 0 Å². The van der Waals surface area contributed by atoms with Crippen molar-refractivity contribution in [2.45, 2.75) is 6.92 Å². The van der Waals surface area contributed by atoms with Crippen molar-refractivity contribution in [1.82, 2.24) is 0 Å². The van der Waals surface area contributed by atoms with E-state index in [1.54, 1.807) is 13.0 Å². The Morgan fingerprint density at radius 1 is 1.05 bits per heavy atom. The van der Waals surface area contributed by atoms with Crippen LogP contribution in [-0.4, -0.2) is 12.4 Å². The smallest absolute Gasteiger partial charge is 0.203 e. The van der Waals surface area contributed by atoms with Gasteiger partial charge in [0.05, 0.1) is 5.56 Å². The van der Waals surface area contributed by atoms with Crippen molar-refractivity contribution in [3.8, 4) is 5.75 Å². The van der Waals surface area contributed by atoms with E-state index in [0.29, 0.717) is 6.07 Å². The number of halogens is 3. The molecule has 0 heterocycles. The van der Waals surface area contributed by atoms with E-state index in [0.717, 1.165) is 17.7 Å². The summed E-state index contributed by atoms with van der Waals surface area (Å²) in [6.45, 7) is 1.22. The second-order valence-corrected chi connectivity index (χ2v) is 4.27. The fourth-order valence-corrected chi connectivity index (χ4v) is 1.66. The zero-order chi connectivity index (χ0) is 14.7. The third kappa shape index (κ3) is 3.17. The zero-order valence-electron chi connectivity index (χ0n) is 10.6. The van der Waals surface area contributed by atoms with Crippen LogP contribution in [-0.2, 0) is 0 Å². The lowest BCUT2D eigenvalue weighted by atomic mass is 10.1. The fourth-order valence-electron chi connectivity index (χ4n) is 1.66. The largest absolute Gasteiger partial charge is 0.482 e. The van der Waals surface area contributed by atoms with Crippen LogP contribution < -0.4 is 4.74 Å². The molecule has 5 heteroatoms. The molecule has 0 saturated carbocycles. The van der Waals surface area contributed by atoms with Crippen molar-refractivity contribution < 1.29 is 22.7 Å². The van der Waals surface area contributed by atoms with E-state index in [9.17, 15) is 18.0 Å². The van der Waals surface area contributed by atoms with Crippen LogP contribution in [0.3, 0.4) is 0 Å². The van der Waals surface area contributed by atoms with E-state index in [1.807, 2.05) is 0 Å². The number of rotatable bonds is 4. The molecule has 2 rings (SSSR count). The quantitative estimate of drug-likeness (QED) is 0.799. The molecule has 0 spiro atoms. The van der Waals surface area contributed by atoms with Gasteiger partial charge in [0.2, 0.25) is 5.78 Å². The third-order valence-electron chi connectivity index (χ3n) is 2.68. The Morgan fingerprint density at radius 2 is 1.80 bits per heavy atom. The summed E-state index contributed by atoms with van der Waals surface area (Å²) < 4.78 is 44.5. The predicted octanol–water partition coefficient (Wildman–Crippen LogP) is 3.67. The molecule has 0 atom stereocenters. The second-order valence-electron chi connectivity index (χ2n) is 4.27. The van der Waals surface area contributed by atoms with Crippen LogP contribution in [0.15, 0.2) is 36.4 Å². The van der Waals surface area contributed by atoms with Crippen LogP contribution in [0.5, 0.6) is 5.75 Å². The number of ether oxygens (including phenoxy) is 1. The van der Waals surface area contributed by atoms with Crippen LogP contribution >= 0.6 is 0 Å². The zero-order valence-corrected chi connectivity index (χ0v) is 10.6. The molecule has 0 aromatic heterocycles. The van der Waals surface area contributed by atoms with Gasteiger partial charge < -0.3 is 4.74 Å². The van der Waals surface area contributed by atoms with Crippen LogP contribution in [0.25, 0.3) is 0 Å². The Balaban J connectivity index is 2.10. The van der Waals surface area contributed by atoms with Crippen LogP contribution in [0.1, 0.15) is 15.9 Å². The van der Waals surface area contributed by atoms with Gasteiger partial charge in [0.1, 0.15) is 11.6 Å². The summed E-state index contributed by atoms with van der Waals surface area (Å²) in [4.78, 5) is 11.7. The first-order valence-electron chi connectivity index (χ1n) is 5.84. The van der Waals surface area contributed by atoms with Crippen molar-refractivity contribution in [2.75, 3.05) is 6.61 Å². The van der Waals surface area contributed by atoms with E-state index in [1.165, 1.54) is 12.1 Å². The normalized spacial score (nSPS) is 10.4. The number of Topliss-reactive ketones (excluding diaryl/α,β-unsaturated/α-hetero) is 1. The minimum atomic E-state index is -0.969. The molecule has 0 aliphatic carbocycles. The van der Waals surface area contributed by atoms with Gasteiger partial charge in [-0.25, -0.2) is 13.2 Å². The van der Waals surface area contributed by atoms with Crippen molar-refractivity contribution in [3.63, 3.8) is 0 Å². The summed E-state index contributed by atoms with van der Waals surface area (Å²) >= 11 is 0. The summed E-state index contributed by atoms with van der Waals surface area (Å²) in [6, 6.07) is 6.83. The molecule has 0 aliphatic heterocycles. The molecule has 0 N–H and O–H groups in total. The molecule has 104 valence electrons. The molecule has 2 aromatic rings. The molecule has 20 heavy (non-hydrogen) atoms. The molecule has 0 bridgehead atoms. The summed E-state index contributed by atoms with van der Waals surface area (Å²) in [6.07, 6.45) is 0. The van der Waals surface area contributed by atoms with Crippen molar-refractivity contribution in [2.24, 2.45) is 0 Å². The van der Waals surface area contributed by atoms with E-state index >= 15 is 0 Å². The fraction of sp³-hybridized carbons (Fsp3) is 0.133. The topological polar surface area (TPSA) is 26.3 Å². The Kier molecular flexibility index (Phi) is 4.08. The van der Waals surface area contributed by atoms with Crippen LogP contribution in [0.4, 0.5) is 13.2 Å². The molecule has 0 aliphatic rings. The summed E-state index contributed by atoms with van der Waals surface area (Å²) in [7, 11) is 0. The van der Waals surface area contributed by atoms with E-state index < -0.39 is 29.8 Å². The highest BCUT2D eigenvalue weighted by molar-refractivity contribution is 5.97. The number of hydrogen-bond acceptors (Lipinski definition) is 2. The first kappa shape index (κ1) is 14.1. The molecule has 0 saturated heterocycles. The average Bonchev–Trinajstić information content (AvgIpc) is 2.39. The highest BCUT2D eigenvalue weighted by atomic mass is 19.1. The van der Waals surface area contributed by atoms with Gasteiger partial charge in [-0.1, -0.05) is 6.07 Å². The van der Waals surface area contributed by atoms with E-state index in [4.69, 9.17) is 4.74 Å². The SMILES string of the molecule is Cc1ccc(F)c(OCC(=O)c2ccc(F)cc2F)c1. The molecule has 0 unspecified atom stereocenters. The van der Waals surface area contributed by atoms with Gasteiger partial charge in [-0.2, -0.15) is 0 Å². The van der Waals surface area contributed by atoms with E-state index in [-0.39, 0.29) is 11.3 Å². The highest BCUT2D eigenvalue weighted by Gasteiger charge is 2.14. The number of carbonyl (C=O) groups is 1. The Labute approximate surface area is 113 Å². The van der Waals surface area contributed by atoms with E-state index in [2.05, 4.69) is 0 Å². The maximum atomic E-state index is 13.4. The molecular weight excluding hydrogens is 269 g/mol. The molecule has 0 fully saturated rings. The number of ketones is 1. The third-order valence-corrected chi connectivity index (χ3v) is 2.68. The minimum absolute atomic E-state index is 0.0825. The first-order valence-corrected chi connectivity index (χ1v) is 5.84. The van der Waals surface area contributed by atoms with Gasteiger partial charge in [0.25, 0.3) is 0 Å². The lowest BCUT2D eigenvalue weighted by molar-refractivity contribution is 0.0914. The molecule has 2 nitrogen and oxygen atoms in total. The standard InChI is InChI=1S/C15H11F3O2/c1-9-2-5-12(17)15(6-9)20-8-14(19)11-4-3-10(16)7-13(11)18/h2-7H,8H2,1H3. The minimum Gasteiger partial charge on any atom is -0.482 e. The van der Waals surface area contributed by atoms with Crippen molar-refractivity contribution in [3.05, 3.63) is 65.0 Å². The summed E-state index contributed by atoms with van der Waals surface area (Å²) in [5, 5.41) is 0. The van der Waals surface area contributed by atoms with Gasteiger partial charge in [0.15, 0.2) is 18.2 Å². The summed E-state index contributed by atoms with van der Waals surface area (Å²) in [5.74, 6) is -3.12. The number of aryl methyl sites for hydroxylation is 1. The molecular formula is C15H11F3O2. The Hall–Kier alpha value is -2.30. The molecule has 2 aromatic carbocycles. The second kappa shape index (κ2) is 5.77. The monoisotopic (exact) mass is 280 g/mol. The average molecular weight is 280 g/mol. The Morgan fingerprint density at radius 3 is 2.50 bits per heavy atom. The first-order chi connectivity index (χ1) is 9.47. The van der Waals surface area contributed by atoms with Gasteiger partial charge in [0, 0.05) is 6.07 Å². The number of carbonyl (C=O) groups excluding carboxylic acids is 1. The lowest BCUT2D eigenvalue weighted by Gasteiger charge is -2.08. The Bertz CT molecular complexity index is 654. The van der Waals surface area contributed by atoms with Gasteiger partial charge in [-0.05, 0) is 36.8 Å². The maximum absolute atomic E-state index is 13.4. The highest BCUT2D eigenvalue weighted by Crippen LogP contribution is 2.19. The maximum Gasteiger partial charge on any atom is 0.203 e. The van der Waals surface area contributed by atoms with Crippen molar-refractivity contribution >= 4 is 5.78 Å². The number of benzene rings is 2. The van der Waals surface area contributed by atoms with Gasteiger partial charge in [-0.3, -0.25) is 4.79 Å². The van der Waals surface area contributed by atoms with Crippen molar-refractivity contribution in [1.29, 1.82) is 0 Å². The van der Waals surface area contributed by atoms with Crippen LogP contribution in [0.2, 0.25) is 0 Å². The van der Waals surface area contributed by atoms with Gasteiger partial charge >= 0.3 is 0 Å². The van der Waals surface area contributed by atoms with Crippen LogP contribution in [0, 0.1) is 24.4 Å². The lowest BCUT2D eigenvalue weighted by Crippen LogP contribution is -2.14.